The maximum atomic E-state index is 13.3. The lowest BCUT2D eigenvalue weighted by Gasteiger charge is -2.34. The molecule has 9 nitrogen and oxygen atoms in total. The third-order valence-corrected chi connectivity index (χ3v) is 7.78. The number of halogens is 3. The van der Waals surface area contributed by atoms with Crippen LogP contribution in [0, 0.1) is 6.92 Å². The van der Waals surface area contributed by atoms with Gasteiger partial charge in [0.1, 0.15) is 0 Å². The zero-order valence-corrected chi connectivity index (χ0v) is 25.2. The Balaban J connectivity index is 1.23. The first-order chi connectivity index (χ1) is 21.5. The van der Waals surface area contributed by atoms with E-state index >= 15 is 0 Å². The number of amides is 2. The minimum absolute atomic E-state index is 0.104. The number of nitrogens with one attached hydrogen (secondary N) is 3. The summed E-state index contributed by atoms with van der Waals surface area (Å²) in [6, 6.07) is 16.3. The van der Waals surface area contributed by atoms with Crippen molar-refractivity contribution in [1.82, 2.24) is 14.9 Å². The summed E-state index contributed by atoms with van der Waals surface area (Å²) in [4.78, 5) is 39.4. The Hall–Kier alpha value is -4.97. The van der Waals surface area contributed by atoms with Gasteiger partial charge in [0.2, 0.25) is 5.95 Å². The van der Waals surface area contributed by atoms with Gasteiger partial charge in [-0.2, -0.15) is 13.2 Å². The van der Waals surface area contributed by atoms with E-state index in [4.69, 9.17) is 0 Å². The normalized spacial score (nSPS) is 13.8. The largest absolute Gasteiger partial charge is 0.416 e. The predicted molar refractivity (Wildman–Crippen MR) is 169 cm³/mol. The van der Waals surface area contributed by atoms with Gasteiger partial charge in [0.05, 0.1) is 23.6 Å². The van der Waals surface area contributed by atoms with Crippen molar-refractivity contribution in [3.05, 3.63) is 101 Å². The van der Waals surface area contributed by atoms with E-state index in [1.165, 1.54) is 37.5 Å². The number of anilines is 5. The summed E-state index contributed by atoms with van der Waals surface area (Å²) in [5.74, 6) is -0.786. The highest BCUT2D eigenvalue weighted by molar-refractivity contribution is 6.08. The first-order valence-electron chi connectivity index (χ1n) is 14.6. The molecule has 234 valence electrons. The molecule has 0 spiro atoms. The molecule has 0 saturated carbocycles. The second-order valence-electron chi connectivity index (χ2n) is 10.9. The van der Waals surface area contributed by atoms with E-state index in [1.807, 2.05) is 19.1 Å². The van der Waals surface area contributed by atoms with Gasteiger partial charge in [0, 0.05) is 54.4 Å². The number of carbonyl (C=O) groups is 2. The lowest BCUT2D eigenvalue weighted by molar-refractivity contribution is -0.138. The van der Waals surface area contributed by atoms with Crippen LogP contribution in [0.4, 0.5) is 41.9 Å². The Labute approximate surface area is 259 Å². The average Bonchev–Trinajstić information content (AvgIpc) is 3.02. The van der Waals surface area contributed by atoms with Crippen molar-refractivity contribution in [3.8, 4) is 0 Å². The summed E-state index contributed by atoms with van der Waals surface area (Å²) in [6.45, 7) is 7.17. The second kappa shape index (κ2) is 13.3. The number of aromatic nitrogens is 2. The number of aryl methyl sites for hydroxylation is 1. The smallest absolute Gasteiger partial charge is 0.369 e. The molecule has 0 unspecified atom stereocenters. The van der Waals surface area contributed by atoms with Crippen molar-refractivity contribution >= 4 is 40.5 Å². The molecule has 0 atom stereocenters. The molecule has 1 aliphatic rings. The second-order valence-corrected chi connectivity index (χ2v) is 10.9. The van der Waals surface area contributed by atoms with E-state index in [-0.39, 0.29) is 16.8 Å². The van der Waals surface area contributed by atoms with Crippen LogP contribution < -0.4 is 20.9 Å². The zero-order valence-electron chi connectivity index (χ0n) is 25.2. The highest BCUT2D eigenvalue weighted by Crippen LogP contribution is 2.33. The molecular weight excluding hydrogens is 583 g/mol. The molecule has 3 N–H and O–H groups in total. The molecule has 5 rings (SSSR count). The van der Waals surface area contributed by atoms with E-state index in [2.05, 4.69) is 54.9 Å². The molecule has 4 aromatic rings. The highest BCUT2D eigenvalue weighted by Gasteiger charge is 2.33. The van der Waals surface area contributed by atoms with Gasteiger partial charge in [0.25, 0.3) is 11.8 Å². The maximum absolute atomic E-state index is 13.3. The van der Waals surface area contributed by atoms with Crippen molar-refractivity contribution < 1.29 is 22.8 Å². The molecular formula is C33H34F3N7O2. The summed E-state index contributed by atoms with van der Waals surface area (Å²) >= 11 is 0. The lowest BCUT2D eigenvalue weighted by atomic mass is 10.0. The van der Waals surface area contributed by atoms with E-state index in [0.717, 1.165) is 49.2 Å². The maximum Gasteiger partial charge on any atom is 0.416 e. The fourth-order valence-corrected chi connectivity index (χ4v) is 5.17. The molecule has 2 amide bonds. The Bertz CT molecular complexity index is 1670. The number of carbonyl (C=O) groups excluding carboxylic acids is 2. The number of benzene rings is 3. The van der Waals surface area contributed by atoms with Crippen LogP contribution in [-0.4, -0.2) is 59.9 Å². The number of likely N-dealkylation sites (N-methyl/N-ethyl adjacent to an activating group) is 1. The van der Waals surface area contributed by atoms with Gasteiger partial charge in [-0.15, -0.1) is 0 Å². The molecule has 0 radical (unpaired) electrons. The topological polar surface area (TPSA) is 102 Å². The number of nitrogens with zero attached hydrogens (tertiary/aromatic N) is 4. The van der Waals surface area contributed by atoms with E-state index < -0.39 is 23.6 Å². The molecule has 2 heterocycles. The molecule has 0 bridgehead atoms. The lowest BCUT2D eigenvalue weighted by Crippen LogP contribution is -2.44. The van der Waals surface area contributed by atoms with Crippen LogP contribution in [0.2, 0.25) is 0 Å². The van der Waals surface area contributed by atoms with E-state index in [9.17, 15) is 22.8 Å². The number of hydrogen-bond donors (Lipinski definition) is 3. The van der Waals surface area contributed by atoms with Gasteiger partial charge in [-0.05, 0) is 80.1 Å². The number of alkyl halides is 3. The van der Waals surface area contributed by atoms with Crippen molar-refractivity contribution in [2.24, 2.45) is 0 Å². The highest BCUT2D eigenvalue weighted by atomic mass is 19.4. The summed E-state index contributed by atoms with van der Waals surface area (Å²) in [5.41, 5.74) is 2.50. The third-order valence-electron chi connectivity index (χ3n) is 7.78. The zero-order chi connectivity index (χ0) is 32.1. The van der Waals surface area contributed by atoms with Crippen LogP contribution in [0.1, 0.15) is 44.3 Å². The quantitative estimate of drug-likeness (QED) is 0.211. The number of hydrogen-bond acceptors (Lipinski definition) is 7. The van der Waals surface area contributed by atoms with Crippen molar-refractivity contribution in [2.75, 3.05) is 54.1 Å². The summed E-state index contributed by atoms with van der Waals surface area (Å²) < 4.78 is 40.0. The van der Waals surface area contributed by atoms with Crippen LogP contribution in [-0.2, 0) is 12.6 Å². The monoisotopic (exact) mass is 617 g/mol. The molecule has 1 fully saturated rings. The van der Waals surface area contributed by atoms with Crippen LogP contribution in [0.3, 0.4) is 0 Å². The van der Waals surface area contributed by atoms with Crippen LogP contribution >= 0.6 is 0 Å². The van der Waals surface area contributed by atoms with Gasteiger partial charge in [-0.25, -0.2) is 9.97 Å². The van der Waals surface area contributed by atoms with Gasteiger partial charge < -0.3 is 25.8 Å². The van der Waals surface area contributed by atoms with Crippen LogP contribution in [0.25, 0.3) is 0 Å². The first-order valence-corrected chi connectivity index (χ1v) is 14.6. The fourth-order valence-electron chi connectivity index (χ4n) is 5.17. The third kappa shape index (κ3) is 7.58. The van der Waals surface area contributed by atoms with Gasteiger partial charge in [-0.1, -0.05) is 19.1 Å². The molecule has 1 saturated heterocycles. The Kier molecular flexibility index (Phi) is 9.33. The standard InChI is InChI=1S/C33H34F3N7O2/c1-4-22-8-9-24(39-30(44)27-6-5-7-29(21(27)2)33(34,35)36)18-28(22)31(45)40-25-19-37-32(38-20-25)41-23-10-12-26(13-11-23)43-16-14-42(3)15-17-43/h5-13,18-20H,4,14-17H2,1-3H3,(H,39,44)(H,40,45)(H,37,38,41). The Morgan fingerprint density at radius 3 is 2.09 bits per heavy atom. The molecule has 1 aromatic heterocycles. The fraction of sp³-hybridized carbons (Fsp3) is 0.273. The van der Waals surface area contributed by atoms with Gasteiger partial charge in [-0.3, -0.25) is 9.59 Å². The Morgan fingerprint density at radius 2 is 1.44 bits per heavy atom. The van der Waals surface area contributed by atoms with Crippen molar-refractivity contribution in [1.29, 1.82) is 0 Å². The van der Waals surface area contributed by atoms with Crippen molar-refractivity contribution in [2.45, 2.75) is 26.4 Å². The summed E-state index contributed by atoms with van der Waals surface area (Å²) in [7, 11) is 2.12. The average molecular weight is 618 g/mol. The first kappa shape index (κ1) is 31.5. The van der Waals surface area contributed by atoms with Gasteiger partial charge in [0.15, 0.2) is 0 Å². The molecule has 3 aromatic carbocycles. The van der Waals surface area contributed by atoms with E-state index in [0.29, 0.717) is 23.6 Å². The minimum atomic E-state index is -4.58. The minimum Gasteiger partial charge on any atom is -0.369 e. The summed E-state index contributed by atoms with van der Waals surface area (Å²) in [6.07, 6.45) is -1.07. The molecule has 12 heteroatoms. The van der Waals surface area contributed by atoms with Crippen LogP contribution in [0.15, 0.2) is 73.1 Å². The predicted octanol–water partition coefficient (Wildman–Crippen LogP) is 6.37. The van der Waals surface area contributed by atoms with Crippen LogP contribution in [0.5, 0.6) is 0 Å². The SMILES string of the molecule is CCc1ccc(NC(=O)c2cccc(C(F)(F)F)c2C)cc1C(=O)Nc1cnc(Nc2ccc(N3CCN(C)CC3)cc2)nc1. The van der Waals surface area contributed by atoms with Crippen molar-refractivity contribution in [3.63, 3.8) is 0 Å². The number of rotatable bonds is 8. The number of piperazine rings is 1. The van der Waals surface area contributed by atoms with Gasteiger partial charge >= 0.3 is 6.18 Å². The summed E-state index contributed by atoms with van der Waals surface area (Å²) in [5, 5.41) is 8.56. The van der Waals surface area contributed by atoms with E-state index in [1.54, 1.807) is 12.1 Å². The molecule has 1 aliphatic heterocycles. The Morgan fingerprint density at radius 1 is 0.822 bits per heavy atom. The molecule has 45 heavy (non-hydrogen) atoms. The molecule has 0 aliphatic carbocycles.